The van der Waals surface area contributed by atoms with Crippen molar-refractivity contribution in [3.8, 4) is 0 Å². The number of carboxylic acids is 1. The van der Waals surface area contributed by atoms with Crippen LogP contribution in [-0.2, 0) is 11.3 Å². The molecular weight excluding hydrogens is 182 g/mol. The van der Waals surface area contributed by atoms with Crippen LogP contribution in [0, 0.1) is 12.8 Å². The summed E-state index contributed by atoms with van der Waals surface area (Å²) in [5, 5.41) is 11.6. The van der Waals surface area contributed by atoms with Gasteiger partial charge in [-0.15, -0.1) is 0 Å². The monoisotopic (exact) mass is 197 g/mol. The zero-order valence-corrected chi connectivity index (χ0v) is 8.41. The Morgan fingerprint density at radius 2 is 2.36 bits per heavy atom. The van der Waals surface area contributed by atoms with Crippen LogP contribution in [0.5, 0.6) is 0 Å². The van der Waals surface area contributed by atoms with Gasteiger partial charge >= 0.3 is 5.97 Å². The summed E-state index contributed by atoms with van der Waals surface area (Å²) < 4.78 is 5.32. The smallest absolute Gasteiger partial charge is 0.307 e. The van der Waals surface area contributed by atoms with Crippen molar-refractivity contribution in [3.63, 3.8) is 0 Å². The van der Waals surface area contributed by atoms with E-state index in [1.807, 2.05) is 19.1 Å². The third kappa shape index (κ3) is 3.22. The molecule has 4 nitrogen and oxygen atoms in total. The Balaban J connectivity index is 2.25. The Bertz CT molecular complexity index is 306. The minimum Gasteiger partial charge on any atom is -0.481 e. The zero-order chi connectivity index (χ0) is 10.6. The van der Waals surface area contributed by atoms with Gasteiger partial charge in [-0.1, -0.05) is 6.92 Å². The molecular formula is C10H15NO3. The molecule has 0 aliphatic carbocycles. The Hall–Kier alpha value is -1.29. The van der Waals surface area contributed by atoms with Gasteiger partial charge in [0.05, 0.1) is 12.5 Å². The first-order valence-corrected chi connectivity index (χ1v) is 4.58. The molecule has 0 radical (unpaired) electrons. The molecule has 0 aliphatic rings. The van der Waals surface area contributed by atoms with Gasteiger partial charge in [-0.25, -0.2) is 0 Å². The van der Waals surface area contributed by atoms with Crippen molar-refractivity contribution < 1.29 is 14.3 Å². The number of nitrogens with one attached hydrogen (secondary N) is 1. The fraction of sp³-hybridized carbons (Fsp3) is 0.500. The Kier molecular flexibility index (Phi) is 3.71. The van der Waals surface area contributed by atoms with Gasteiger partial charge in [-0.3, -0.25) is 4.79 Å². The third-order valence-corrected chi connectivity index (χ3v) is 1.97. The summed E-state index contributed by atoms with van der Waals surface area (Å²) in [7, 11) is 0. The second-order valence-corrected chi connectivity index (χ2v) is 3.38. The largest absolute Gasteiger partial charge is 0.481 e. The van der Waals surface area contributed by atoms with E-state index in [0.717, 1.165) is 11.5 Å². The highest BCUT2D eigenvalue weighted by atomic mass is 16.4. The van der Waals surface area contributed by atoms with Crippen molar-refractivity contribution in [2.24, 2.45) is 5.92 Å². The molecule has 78 valence electrons. The van der Waals surface area contributed by atoms with Gasteiger partial charge in [0.2, 0.25) is 0 Å². The van der Waals surface area contributed by atoms with Crippen LogP contribution in [-0.4, -0.2) is 17.6 Å². The van der Waals surface area contributed by atoms with Gasteiger partial charge in [-0.05, 0) is 19.1 Å². The third-order valence-electron chi connectivity index (χ3n) is 1.97. The van der Waals surface area contributed by atoms with Gasteiger partial charge in [0, 0.05) is 6.54 Å². The van der Waals surface area contributed by atoms with E-state index < -0.39 is 5.97 Å². The first-order valence-electron chi connectivity index (χ1n) is 4.58. The van der Waals surface area contributed by atoms with Crippen LogP contribution in [0.3, 0.4) is 0 Å². The highest BCUT2D eigenvalue weighted by Crippen LogP contribution is 2.05. The predicted molar refractivity (Wildman–Crippen MR) is 52.0 cm³/mol. The number of furan rings is 1. The van der Waals surface area contributed by atoms with Crippen molar-refractivity contribution in [3.05, 3.63) is 23.7 Å². The molecule has 4 heteroatoms. The van der Waals surface area contributed by atoms with E-state index in [9.17, 15) is 4.79 Å². The maximum absolute atomic E-state index is 10.5. The molecule has 1 unspecified atom stereocenters. The molecule has 1 rings (SSSR count). The summed E-state index contributed by atoms with van der Waals surface area (Å²) >= 11 is 0. The van der Waals surface area contributed by atoms with Crippen LogP contribution in [0.4, 0.5) is 0 Å². The SMILES string of the molecule is Cc1ccc(CNCC(C)C(=O)O)o1. The second kappa shape index (κ2) is 4.81. The maximum atomic E-state index is 10.5. The lowest BCUT2D eigenvalue weighted by Crippen LogP contribution is -2.25. The van der Waals surface area contributed by atoms with Crippen LogP contribution >= 0.6 is 0 Å². The quantitative estimate of drug-likeness (QED) is 0.749. The number of carboxylic acid groups (broad SMARTS) is 1. The summed E-state index contributed by atoms with van der Waals surface area (Å²) in [6.07, 6.45) is 0. The highest BCUT2D eigenvalue weighted by molar-refractivity contribution is 5.69. The van der Waals surface area contributed by atoms with E-state index in [4.69, 9.17) is 9.52 Å². The number of aryl methyl sites for hydroxylation is 1. The molecule has 0 aliphatic heterocycles. The Morgan fingerprint density at radius 3 is 2.86 bits per heavy atom. The molecule has 1 aromatic rings. The van der Waals surface area contributed by atoms with Crippen molar-refractivity contribution >= 4 is 5.97 Å². The van der Waals surface area contributed by atoms with Crippen LogP contribution in [0.2, 0.25) is 0 Å². The number of hydrogen-bond donors (Lipinski definition) is 2. The lowest BCUT2D eigenvalue weighted by Gasteiger charge is -2.06. The average molecular weight is 197 g/mol. The Labute approximate surface area is 82.9 Å². The molecule has 0 spiro atoms. The van der Waals surface area contributed by atoms with E-state index in [0.29, 0.717) is 13.1 Å². The number of carbonyl (C=O) groups is 1. The van der Waals surface area contributed by atoms with Gasteiger partial charge in [0.15, 0.2) is 0 Å². The summed E-state index contributed by atoms with van der Waals surface area (Å²) in [4.78, 5) is 10.5. The first kappa shape index (κ1) is 10.8. The van der Waals surface area contributed by atoms with Crippen molar-refractivity contribution in [2.45, 2.75) is 20.4 Å². The molecule has 0 saturated heterocycles. The van der Waals surface area contributed by atoms with Crippen molar-refractivity contribution in [1.29, 1.82) is 0 Å². The zero-order valence-electron chi connectivity index (χ0n) is 8.41. The van der Waals surface area contributed by atoms with Crippen LogP contribution in [0.15, 0.2) is 16.5 Å². The molecule has 0 bridgehead atoms. The molecule has 1 aromatic heterocycles. The number of aliphatic carboxylic acids is 1. The molecule has 0 amide bonds. The van der Waals surface area contributed by atoms with Crippen LogP contribution in [0.25, 0.3) is 0 Å². The van der Waals surface area contributed by atoms with E-state index in [1.165, 1.54) is 0 Å². The molecule has 0 aromatic carbocycles. The summed E-state index contributed by atoms with van der Waals surface area (Å²) in [6.45, 7) is 4.58. The fourth-order valence-electron chi connectivity index (χ4n) is 1.08. The van der Waals surface area contributed by atoms with Crippen molar-refractivity contribution in [2.75, 3.05) is 6.54 Å². The van der Waals surface area contributed by atoms with Gasteiger partial charge in [-0.2, -0.15) is 0 Å². The molecule has 1 heterocycles. The minimum atomic E-state index is -0.784. The summed E-state index contributed by atoms with van der Waals surface area (Å²) in [6, 6.07) is 3.77. The predicted octanol–water partition coefficient (Wildman–Crippen LogP) is 1.40. The second-order valence-electron chi connectivity index (χ2n) is 3.38. The van der Waals surface area contributed by atoms with Crippen LogP contribution in [0.1, 0.15) is 18.4 Å². The van der Waals surface area contributed by atoms with E-state index >= 15 is 0 Å². The summed E-state index contributed by atoms with van der Waals surface area (Å²) in [5.41, 5.74) is 0. The van der Waals surface area contributed by atoms with E-state index in [2.05, 4.69) is 5.32 Å². The lowest BCUT2D eigenvalue weighted by atomic mass is 10.2. The molecule has 2 N–H and O–H groups in total. The minimum absolute atomic E-state index is 0.369. The molecule has 0 saturated carbocycles. The average Bonchev–Trinajstić information content (AvgIpc) is 2.51. The lowest BCUT2D eigenvalue weighted by molar-refractivity contribution is -0.140. The maximum Gasteiger partial charge on any atom is 0.307 e. The molecule has 14 heavy (non-hydrogen) atoms. The first-order chi connectivity index (χ1) is 6.59. The van der Waals surface area contributed by atoms with Crippen molar-refractivity contribution in [1.82, 2.24) is 5.32 Å². The normalized spacial score (nSPS) is 12.7. The molecule has 0 fully saturated rings. The Morgan fingerprint density at radius 1 is 1.64 bits per heavy atom. The van der Waals surface area contributed by atoms with Crippen LogP contribution < -0.4 is 5.32 Å². The van der Waals surface area contributed by atoms with E-state index in [1.54, 1.807) is 6.92 Å². The fourth-order valence-corrected chi connectivity index (χ4v) is 1.08. The molecule has 1 atom stereocenters. The standard InChI is InChI=1S/C10H15NO3/c1-7(10(12)13)5-11-6-9-4-3-8(2)14-9/h3-4,7,11H,5-6H2,1-2H3,(H,12,13). The highest BCUT2D eigenvalue weighted by Gasteiger charge is 2.09. The topological polar surface area (TPSA) is 62.5 Å². The van der Waals surface area contributed by atoms with Gasteiger partial charge < -0.3 is 14.8 Å². The van der Waals surface area contributed by atoms with Gasteiger partial charge in [0.25, 0.3) is 0 Å². The van der Waals surface area contributed by atoms with Gasteiger partial charge in [0.1, 0.15) is 11.5 Å². The van der Waals surface area contributed by atoms with E-state index in [-0.39, 0.29) is 5.92 Å². The number of rotatable bonds is 5. The number of hydrogen-bond acceptors (Lipinski definition) is 3. The summed E-state index contributed by atoms with van der Waals surface area (Å²) in [5.74, 6) is 0.548.